The van der Waals surface area contributed by atoms with Crippen molar-refractivity contribution in [2.75, 3.05) is 17.7 Å². The predicted molar refractivity (Wildman–Crippen MR) is 133 cm³/mol. The number of carbonyl (C=O) groups is 1. The van der Waals surface area contributed by atoms with Gasteiger partial charge in [-0.2, -0.15) is 0 Å². The van der Waals surface area contributed by atoms with Crippen molar-refractivity contribution in [3.05, 3.63) is 84.9 Å². The summed E-state index contributed by atoms with van der Waals surface area (Å²) in [5.41, 5.74) is 0.719. The van der Waals surface area contributed by atoms with Gasteiger partial charge < -0.3 is 15.4 Å². The molecule has 0 fully saturated rings. The Kier molecular flexibility index (Phi) is 8.04. The Balaban J connectivity index is 2.03. The Morgan fingerprint density at radius 3 is 2.34 bits per heavy atom. The average molecular weight is 543 g/mol. The Morgan fingerprint density at radius 2 is 1.74 bits per heavy atom. The number of hydrogen-bond donors (Lipinski definition) is 2. The molecule has 3 aromatic rings. The molecule has 0 aliphatic rings. The van der Waals surface area contributed by atoms with Crippen LogP contribution in [0, 0.1) is 20.2 Å². The van der Waals surface area contributed by atoms with Crippen LogP contribution in [0.4, 0.5) is 34.1 Å². The van der Waals surface area contributed by atoms with Gasteiger partial charge in [-0.1, -0.05) is 30.3 Å². The van der Waals surface area contributed by atoms with Gasteiger partial charge in [0.05, 0.1) is 38.9 Å². The number of nitro benzene ring substituents is 2. The van der Waals surface area contributed by atoms with E-state index < -0.39 is 21.2 Å². The second kappa shape index (κ2) is 11.2. The normalized spacial score (nSPS) is 10.7. The maximum absolute atomic E-state index is 11.8. The summed E-state index contributed by atoms with van der Waals surface area (Å²) in [6, 6.07) is 14.6. The standard InChI is InChI=1S/C22H19BrN6O6/c1-13(30)25-17-10-19(24-12-14-6-4-3-5-7-14)21(35-2)11-18(17)26-27-22-16(23)8-15(28(31)32)9-20(22)29(33)34/h3-11,24H,12H2,1-2H3,(H,25,30). The molecule has 0 unspecified atom stereocenters. The first-order valence-corrected chi connectivity index (χ1v) is 10.8. The van der Waals surface area contributed by atoms with Crippen LogP contribution in [0.1, 0.15) is 12.5 Å². The molecular weight excluding hydrogens is 524 g/mol. The number of halogens is 1. The van der Waals surface area contributed by atoms with Crippen molar-refractivity contribution in [2.24, 2.45) is 10.2 Å². The van der Waals surface area contributed by atoms with E-state index in [1.54, 1.807) is 6.07 Å². The van der Waals surface area contributed by atoms with E-state index in [0.717, 1.165) is 17.7 Å². The van der Waals surface area contributed by atoms with Crippen LogP contribution in [0.15, 0.2) is 69.3 Å². The smallest absolute Gasteiger partial charge is 0.304 e. The summed E-state index contributed by atoms with van der Waals surface area (Å²) in [6.45, 7) is 1.81. The number of nitro groups is 2. The Labute approximate surface area is 207 Å². The third-order valence-electron chi connectivity index (χ3n) is 4.65. The quantitative estimate of drug-likeness (QED) is 0.183. The van der Waals surface area contributed by atoms with Crippen LogP contribution in [0.2, 0.25) is 0 Å². The molecule has 0 saturated heterocycles. The molecule has 3 aromatic carbocycles. The molecule has 180 valence electrons. The molecule has 0 saturated carbocycles. The number of amides is 1. The van der Waals surface area contributed by atoms with Crippen LogP contribution in [-0.4, -0.2) is 22.9 Å². The van der Waals surface area contributed by atoms with E-state index in [1.165, 1.54) is 20.1 Å². The molecule has 0 heterocycles. The van der Waals surface area contributed by atoms with Gasteiger partial charge in [-0.15, -0.1) is 10.2 Å². The molecular formula is C22H19BrN6O6. The predicted octanol–water partition coefficient (Wildman–Crippen LogP) is 6.26. The van der Waals surface area contributed by atoms with Gasteiger partial charge in [0.2, 0.25) is 5.91 Å². The molecule has 35 heavy (non-hydrogen) atoms. The van der Waals surface area contributed by atoms with E-state index in [-0.39, 0.29) is 27.4 Å². The van der Waals surface area contributed by atoms with Gasteiger partial charge in [0.25, 0.3) is 5.69 Å². The number of non-ortho nitro benzene ring substituents is 1. The highest BCUT2D eigenvalue weighted by atomic mass is 79.9. The van der Waals surface area contributed by atoms with Crippen molar-refractivity contribution in [2.45, 2.75) is 13.5 Å². The maximum Gasteiger partial charge on any atom is 0.304 e. The number of nitrogens with zero attached hydrogens (tertiary/aromatic N) is 4. The molecule has 12 nitrogen and oxygen atoms in total. The van der Waals surface area contributed by atoms with Gasteiger partial charge in [-0.3, -0.25) is 25.0 Å². The number of benzene rings is 3. The topological polar surface area (TPSA) is 161 Å². The molecule has 0 radical (unpaired) electrons. The van der Waals surface area contributed by atoms with Crippen molar-refractivity contribution >= 4 is 56.0 Å². The lowest BCUT2D eigenvalue weighted by atomic mass is 10.2. The zero-order valence-electron chi connectivity index (χ0n) is 18.5. The highest BCUT2D eigenvalue weighted by molar-refractivity contribution is 9.10. The zero-order chi connectivity index (χ0) is 25.5. The largest absolute Gasteiger partial charge is 0.495 e. The van der Waals surface area contributed by atoms with Crippen LogP contribution in [-0.2, 0) is 11.3 Å². The number of carbonyl (C=O) groups excluding carboxylic acids is 1. The SMILES string of the molecule is COc1cc(N=Nc2c(Br)cc([N+](=O)[O-])cc2[N+](=O)[O-])c(NC(C)=O)cc1NCc1ccccc1. The monoisotopic (exact) mass is 542 g/mol. The van der Waals surface area contributed by atoms with Crippen LogP contribution in [0.25, 0.3) is 0 Å². The Hall–Kier alpha value is -4.39. The number of azo groups is 1. The summed E-state index contributed by atoms with van der Waals surface area (Å²) in [4.78, 5) is 32.8. The minimum absolute atomic E-state index is 0.0105. The van der Waals surface area contributed by atoms with Crippen LogP contribution in [0.3, 0.4) is 0 Å². The minimum atomic E-state index is -0.794. The van der Waals surface area contributed by atoms with E-state index in [2.05, 4.69) is 36.8 Å². The first-order chi connectivity index (χ1) is 16.7. The third-order valence-corrected chi connectivity index (χ3v) is 5.25. The molecule has 0 aliphatic heterocycles. The molecule has 0 spiro atoms. The fraction of sp³-hybridized carbons (Fsp3) is 0.136. The summed E-state index contributed by atoms with van der Waals surface area (Å²) in [5.74, 6) is 0.0179. The minimum Gasteiger partial charge on any atom is -0.495 e. The summed E-state index contributed by atoms with van der Waals surface area (Å²) in [5, 5.41) is 36.5. The zero-order valence-corrected chi connectivity index (χ0v) is 20.1. The summed E-state index contributed by atoms with van der Waals surface area (Å²) >= 11 is 3.08. The lowest BCUT2D eigenvalue weighted by molar-refractivity contribution is -0.393. The number of methoxy groups -OCH3 is 1. The van der Waals surface area contributed by atoms with Gasteiger partial charge in [0.15, 0.2) is 5.69 Å². The van der Waals surface area contributed by atoms with Crippen LogP contribution in [0.5, 0.6) is 5.75 Å². The Bertz CT molecular complexity index is 1320. The van der Waals surface area contributed by atoms with Crippen molar-refractivity contribution in [1.29, 1.82) is 0 Å². The molecule has 0 bridgehead atoms. The van der Waals surface area contributed by atoms with E-state index in [0.29, 0.717) is 18.0 Å². The number of rotatable bonds is 9. The number of anilines is 2. The highest BCUT2D eigenvalue weighted by Gasteiger charge is 2.23. The second-order valence-electron chi connectivity index (χ2n) is 7.10. The Morgan fingerprint density at radius 1 is 1.03 bits per heavy atom. The van der Waals surface area contributed by atoms with Crippen molar-refractivity contribution < 1.29 is 19.4 Å². The number of ether oxygens (including phenoxy) is 1. The molecule has 0 aliphatic carbocycles. The van der Waals surface area contributed by atoms with E-state index >= 15 is 0 Å². The average Bonchev–Trinajstić information content (AvgIpc) is 2.82. The number of hydrogen-bond acceptors (Lipinski definition) is 9. The molecule has 0 atom stereocenters. The van der Waals surface area contributed by atoms with E-state index in [1.807, 2.05) is 30.3 Å². The molecule has 3 rings (SSSR count). The lowest BCUT2D eigenvalue weighted by Crippen LogP contribution is -2.08. The summed E-state index contributed by atoms with van der Waals surface area (Å²) in [7, 11) is 1.46. The molecule has 13 heteroatoms. The first kappa shape index (κ1) is 25.2. The summed E-state index contributed by atoms with van der Waals surface area (Å²) in [6.07, 6.45) is 0. The molecule has 0 aromatic heterocycles. The fourth-order valence-electron chi connectivity index (χ4n) is 3.06. The van der Waals surface area contributed by atoms with Crippen LogP contribution >= 0.6 is 15.9 Å². The van der Waals surface area contributed by atoms with Gasteiger partial charge in [-0.25, -0.2) is 0 Å². The molecule has 2 N–H and O–H groups in total. The summed E-state index contributed by atoms with van der Waals surface area (Å²) < 4.78 is 5.46. The van der Waals surface area contributed by atoms with Gasteiger partial charge >= 0.3 is 5.69 Å². The van der Waals surface area contributed by atoms with Crippen LogP contribution < -0.4 is 15.4 Å². The highest BCUT2D eigenvalue weighted by Crippen LogP contribution is 2.42. The fourth-order valence-corrected chi connectivity index (χ4v) is 3.58. The van der Waals surface area contributed by atoms with Crippen molar-refractivity contribution in [3.8, 4) is 5.75 Å². The van der Waals surface area contributed by atoms with Crippen molar-refractivity contribution in [1.82, 2.24) is 0 Å². The third kappa shape index (κ3) is 6.35. The first-order valence-electron chi connectivity index (χ1n) is 10.0. The van der Waals surface area contributed by atoms with Crippen molar-refractivity contribution in [3.63, 3.8) is 0 Å². The van der Waals surface area contributed by atoms with E-state index in [9.17, 15) is 25.0 Å². The van der Waals surface area contributed by atoms with Gasteiger partial charge in [-0.05, 0) is 27.6 Å². The van der Waals surface area contributed by atoms with Gasteiger partial charge in [0.1, 0.15) is 11.4 Å². The molecule has 1 amide bonds. The van der Waals surface area contributed by atoms with E-state index in [4.69, 9.17) is 4.74 Å². The maximum atomic E-state index is 11.8. The lowest BCUT2D eigenvalue weighted by Gasteiger charge is -2.15. The van der Waals surface area contributed by atoms with Gasteiger partial charge in [0, 0.05) is 25.6 Å². The number of nitrogens with one attached hydrogen (secondary N) is 2. The second-order valence-corrected chi connectivity index (χ2v) is 7.95.